The summed E-state index contributed by atoms with van der Waals surface area (Å²) in [6.07, 6.45) is 7.98. The minimum atomic E-state index is -0.408. The number of carbonyl (C=O) groups excluding carboxylic acids is 3. The molecule has 0 saturated carbocycles. The third-order valence-corrected chi connectivity index (χ3v) is 9.40. The van der Waals surface area contributed by atoms with Gasteiger partial charge in [-0.3, -0.25) is 19.4 Å². The van der Waals surface area contributed by atoms with Crippen LogP contribution in [0.1, 0.15) is 79.8 Å². The van der Waals surface area contributed by atoms with Gasteiger partial charge < -0.3 is 14.8 Å². The molecule has 1 amide bonds. The maximum Gasteiger partial charge on any atom is 0.338 e. The first-order chi connectivity index (χ1) is 20.7. The third-order valence-electron chi connectivity index (χ3n) is 9.40. The topological polar surface area (TPSA) is 88.2 Å². The van der Waals surface area contributed by atoms with Crippen LogP contribution in [0.2, 0.25) is 0 Å². The van der Waals surface area contributed by atoms with Crippen molar-refractivity contribution < 1.29 is 23.9 Å². The molecule has 0 unspecified atom stereocenters. The Labute approximate surface area is 257 Å². The maximum absolute atomic E-state index is 12.7. The first-order valence-corrected chi connectivity index (χ1v) is 15.9. The summed E-state index contributed by atoms with van der Waals surface area (Å²) in [4.78, 5) is 41.8. The zero-order chi connectivity index (χ0) is 30.9. The van der Waals surface area contributed by atoms with E-state index >= 15 is 0 Å². The van der Waals surface area contributed by atoms with Crippen LogP contribution in [0, 0.1) is 19.8 Å². The zero-order valence-electron chi connectivity index (χ0n) is 26.5. The van der Waals surface area contributed by atoms with Gasteiger partial charge in [0.2, 0.25) is 5.91 Å². The van der Waals surface area contributed by atoms with Gasteiger partial charge in [0.05, 0.1) is 18.7 Å². The lowest BCUT2D eigenvalue weighted by Gasteiger charge is -2.40. The van der Waals surface area contributed by atoms with Gasteiger partial charge in [-0.05, 0) is 89.3 Å². The fraction of sp³-hybridized carbons (Fsp3) is 0.571. The molecule has 1 N–H and O–H groups in total. The standard InChI is InChI=1S/C18H28N2O.C17H21NO4/c1-4-5-12-20-13-7-6-11-16(20)18(21)19-17-14(2)9-8-10-15(17)3;1-18-12-8-9-13(18)15(17(20)21-2)14(10-12)22-16(19)11-6-4-3-5-7-11/h8-10,16H,4-7,11-13H2,1-3H3,(H,19,21);3-7,12-15H,8-10H2,1-2H3/t16-;12-,13+,14-,15+/m00/s1. The Morgan fingerprint density at radius 2 is 1.67 bits per heavy atom. The summed E-state index contributed by atoms with van der Waals surface area (Å²) in [6, 6.07) is 15.6. The SMILES string of the molecule is CCCCN1CCCC[C@H]1C(=O)Nc1c(C)cccc1C.COC(=O)[C@H]1[C@@H](OC(=O)c2ccccc2)C[C@@H]2CC[C@H]1N2C. The van der Waals surface area contributed by atoms with Crippen molar-refractivity contribution in [3.8, 4) is 0 Å². The normalized spacial score (nSPS) is 25.3. The molecule has 3 heterocycles. The molecule has 3 saturated heterocycles. The van der Waals surface area contributed by atoms with Gasteiger partial charge in [-0.1, -0.05) is 56.2 Å². The molecule has 0 radical (unpaired) electrons. The highest BCUT2D eigenvalue weighted by Crippen LogP contribution is 2.40. The van der Waals surface area contributed by atoms with Crippen LogP contribution in [0.15, 0.2) is 48.5 Å². The third kappa shape index (κ3) is 8.03. The number of nitrogens with one attached hydrogen (secondary N) is 1. The number of piperidine rings is 2. The molecular formula is C35H49N3O5. The summed E-state index contributed by atoms with van der Waals surface area (Å²) in [5.41, 5.74) is 3.78. The number of aryl methyl sites for hydroxylation is 2. The number of amides is 1. The number of likely N-dealkylation sites (tertiary alicyclic amines) is 1. The molecule has 2 aromatic carbocycles. The van der Waals surface area contributed by atoms with Gasteiger partial charge in [0.25, 0.3) is 0 Å². The summed E-state index contributed by atoms with van der Waals surface area (Å²) in [7, 11) is 3.42. The summed E-state index contributed by atoms with van der Waals surface area (Å²) in [5, 5.41) is 3.17. The molecule has 234 valence electrons. The number of benzene rings is 2. The minimum absolute atomic E-state index is 0.0457. The van der Waals surface area contributed by atoms with Crippen LogP contribution in [-0.2, 0) is 19.1 Å². The molecule has 2 aromatic rings. The number of esters is 2. The first kappa shape index (κ1) is 32.7. The largest absolute Gasteiger partial charge is 0.469 e. The van der Waals surface area contributed by atoms with Crippen molar-refractivity contribution in [3.05, 3.63) is 65.2 Å². The first-order valence-electron chi connectivity index (χ1n) is 15.9. The van der Waals surface area contributed by atoms with E-state index in [1.165, 1.54) is 26.4 Å². The number of anilines is 1. The Balaban J connectivity index is 0.000000197. The molecule has 8 nitrogen and oxygen atoms in total. The molecule has 8 heteroatoms. The minimum Gasteiger partial charge on any atom is -0.469 e. The van der Waals surface area contributed by atoms with E-state index < -0.39 is 12.0 Å². The van der Waals surface area contributed by atoms with Gasteiger partial charge in [-0.2, -0.15) is 0 Å². The van der Waals surface area contributed by atoms with Crippen LogP contribution in [0.5, 0.6) is 0 Å². The number of methoxy groups -OCH3 is 1. The van der Waals surface area contributed by atoms with Crippen molar-refractivity contribution in [3.63, 3.8) is 0 Å². The number of hydrogen-bond donors (Lipinski definition) is 1. The van der Waals surface area contributed by atoms with Crippen LogP contribution in [0.25, 0.3) is 0 Å². The highest BCUT2D eigenvalue weighted by Gasteiger charge is 2.51. The molecule has 3 aliphatic rings. The Bertz CT molecular complexity index is 1210. The van der Waals surface area contributed by atoms with Gasteiger partial charge in [-0.15, -0.1) is 0 Å². The number of rotatable bonds is 8. The smallest absolute Gasteiger partial charge is 0.338 e. The zero-order valence-corrected chi connectivity index (χ0v) is 26.5. The van der Waals surface area contributed by atoms with Gasteiger partial charge >= 0.3 is 11.9 Å². The van der Waals surface area contributed by atoms with Crippen molar-refractivity contribution in [2.45, 2.75) is 96.4 Å². The number of unbranched alkanes of at least 4 members (excludes halogenated alkanes) is 1. The van der Waals surface area contributed by atoms with Crippen LogP contribution >= 0.6 is 0 Å². The highest BCUT2D eigenvalue weighted by molar-refractivity contribution is 5.96. The van der Waals surface area contributed by atoms with Crippen molar-refractivity contribution in [2.75, 3.05) is 32.6 Å². The lowest BCUT2D eigenvalue weighted by molar-refractivity contribution is -0.156. The Kier molecular flexibility index (Phi) is 11.8. The van der Waals surface area contributed by atoms with Crippen molar-refractivity contribution in [1.29, 1.82) is 0 Å². The van der Waals surface area contributed by atoms with E-state index in [2.05, 4.69) is 48.0 Å². The molecule has 43 heavy (non-hydrogen) atoms. The van der Waals surface area contributed by atoms with Crippen LogP contribution < -0.4 is 5.32 Å². The van der Waals surface area contributed by atoms with E-state index in [1.54, 1.807) is 24.3 Å². The summed E-state index contributed by atoms with van der Waals surface area (Å²) < 4.78 is 10.6. The Hall–Kier alpha value is -3.23. The lowest BCUT2D eigenvalue weighted by atomic mass is 9.87. The molecule has 5 rings (SSSR count). The number of carbonyl (C=O) groups is 3. The highest BCUT2D eigenvalue weighted by atomic mass is 16.6. The second kappa shape index (κ2) is 15.5. The van der Waals surface area contributed by atoms with E-state index in [-0.39, 0.29) is 29.9 Å². The van der Waals surface area contributed by atoms with E-state index in [0.29, 0.717) is 18.0 Å². The average Bonchev–Trinajstić information content (AvgIpc) is 3.25. The fourth-order valence-corrected chi connectivity index (χ4v) is 6.90. The van der Waals surface area contributed by atoms with E-state index in [0.717, 1.165) is 55.6 Å². The molecule has 5 atom stereocenters. The molecule has 0 aromatic heterocycles. The van der Waals surface area contributed by atoms with E-state index in [4.69, 9.17) is 9.47 Å². The van der Waals surface area contributed by atoms with Crippen molar-refractivity contribution in [2.24, 2.45) is 5.92 Å². The van der Waals surface area contributed by atoms with E-state index in [9.17, 15) is 14.4 Å². The lowest BCUT2D eigenvalue weighted by Crippen LogP contribution is -2.53. The molecule has 3 fully saturated rings. The number of hydrogen-bond acceptors (Lipinski definition) is 7. The summed E-state index contributed by atoms with van der Waals surface area (Å²) in [6.45, 7) is 8.42. The molecule has 2 bridgehead atoms. The number of para-hydroxylation sites is 1. The molecule has 3 aliphatic heterocycles. The average molecular weight is 592 g/mol. The van der Waals surface area contributed by atoms with Gasteiger partial charge in [-0.25, -0.2) is 4.79 Å². The predicted molar refractivity (Wildman–Crippen MR) is 169 cm³/mol. The number of fused-ring (bicyclic) bond motifs is 2. The van der Waals surface area contributed by atoms with Gasteiger partial charge in [0.15, 0.2) is 0 Å². The van der Waals surface area contributed by atoms with Gasteiger partial charge in [0, 0.05) is 24.2 Å². The van der Waals surface area contributed by atoms with Crippen molar-refractivity contribution >= 4 is 23.5 Å². The van der Waals surface area contributed by atoms with Crippen LogP contribution in [-0.4, -0.2) is 79.1 Å². The quantitative estimate of drug-likeness (QED) is 0.390. The predicted octanol–water partition coefficient (Wildman–Crippen LogP) is 5.76. The molecular weight excluding hydrogens is 542 g/mol. The maximum atomic E-state index is 12.7. The monoisotopic (exact) mass is 591 g/mol. The van der Waals surface area contributed by atoms with Crippen molar-refractivity contribution in [1.82, 2.24) is 9.80 Å². The molecule has 0 spiro atoms. The second-order valence-corrected chi connectivity index (χ2v) is 12.2. The Morgan fingerprint density at radius 3 is 2.35 bits per heavy atom. The Morgan fingerprint density at radius 1 is 0.953 bits per heavy atom. The molecule has 0 aliphatic carbocycles. The van der Waals surface area contributed by atoms with Crippen LogP contribution in [0.3, 0.4) is 0 Å². The number of nitrogens with zero attached hydrogens (tertiary/aromatic N) is 2. The van der Waals surface area contributed by atoms with Gasteiger partial charge in [0.1, 0.15) is 12.0 Å². The fourth-order valence-electron chi connectivity index (χ4n) is 6.90. The van der Waals surface area contributed by atoms with E-state index in [1.807, 2.05) is 19.2 Å². The summed E-state index contributed by atoms with van der Waals surface area (Å²) in [5.74, 6) is -0.892. The second-order valence-electron chi connectivity index (χ2n) is 12.2. The summed E-state index contributed by atoms with van der Waals surface area (Å²) >= 11 is 0. The number of ether oxygens (including phenoxy) is 2. The van der Waals surface area contributed by atoms with Crippen LogP contribution in [0.4, 0.5) is 5.69 Å².